The van der Waals surface area contributed by atoms with Crippen molar-refractivity contribution in [2.75, 3.05) is 35.0 Å². The Morgan fingerprint density at radius 2 is 1.44 bits per heavy atom. The molecule has 1 rings (SSSR count). The molecule has 0 amide bonds. The third-order valence-corrected chi connectivity index (χ3v) is 3.01. The summed E-state index contributed by atoms with van der Waals surface area (Å²) in [5, 5.41) is 0. The van der Waals surface area contributed by atoms with Crippen molar-refractivity contribution in [3.05, 3.63) is 0 Å². The second-order valence-corrected chi connectivity index (χ2v) is 3.94. The number of rotatable bonds is 5. The zero-order valence-electron chi connectivity index (χ0n) is 10.6. The summed E-state index contributed by atoms with van der Waals surface area (Å²) in [5.41, 5.74) is 0. The van der Waals surface area contributed by atoms with Gasteiger partial charge in [0.25, 0.3) is 0 Å². The van der Waals surface area contributed by atoms with E-state index in [1.165, 1.54) is 0 Å². The van der Waals surface area contributed by atoms with Crippen LogP contribution in [-0.4, -0.2) is 65.6 Å². The molecule has 0 aromatic heterocycles. The lowest BCUT2D eigenvalue weighted by molar-refractivity contribution is -0.245. The van der Waals surface area contributed by atoms with Crippen LogP contribution in [0.25, 0.3) is 0 Å². The summed E-state index contributed by atoms with van der Waals surface area (Å²) in [4.78, 5) is 0. The quantitative estimate of drug-likeness (QED) is 0.692. The van der Waals surface area contributed by atoms with E-state index in [0.29, 0.717) is 6.61 Å². The van der Waals surface area contributed by atoms with Crippen molar-refractivity contribution < 1.29 is 23.7 Å². The van der Waals surface area contributed by atoms with Crippen molar-refractivity contribution >= 4 is 0 Å². The van der Waals surface area contributed by atoms with Gasteiger partial charge in [0.1, 0.15) is 24.4 Å². The molecule has 96 valence electrons. The molecule has 1 aliphatic rings. The molecule has 5 nitrogen and oxygen atoms in total. The lowest BCUT2D eigenvalue weighted by atomic mass is 9.95. The van der Waals surface area contributed by atoms with Gasteiger partial charge in [0.15, 0.2) is 0 Å². The van der Waals surface area contributed by atoms with Crippen LogP contribution in [0.3, 0.4) is 0 Å². The maximum Gasteiger partial charge on any atom is 0.114 e. The molecule has 5 atom stereocenters. The van der Waals surface area contributed by atoms with Crippen molar-refractivity contribution in [3.63, 3.8) is 0 Å². The van der Waals surface area contributed by atoms with Crippen LogP contribution in [0.2, 0.25) is 0 Å². The summed E-state index contributed by atoms with van der Waals surface area (Å²) >= 11 is 0. The van der Waals surface area contributed by atoms with E-state index in [1.54, 1.807) is 28.4 Å². The lowest BCUT2D eigenvalue weighted by Crippen LogP contribution is -2.59. The molecule has 0 unspecified atom stereocenters. The van der Waals surface area contributed by atoms with Crippen molar-refractivity contribution in [3.8, 4) is 0 Å². The van der Waals surface area contributed by atoms with Crippen LogP contribution in [0, 0.1) is 0 Å². The molecule has 0 N–H and O–H groups in total. The van der Waals surface area contributed by atoms with Gasteiger partial charge in [-0.25, -0.2) is 0 Å². The van der Waals surface area contributed by atoms with E-state index in [0.717, 1.165) is 0 Å². The van der Waals surface area contributed by atoms with Gasteiger partial charge in [-0.15, -0.1) is 0 Å². The number of hydrogen-bond acceptors (Lipinski definition) is 5. The van der Waals surface area contributed by atoms with Crippen LogP contribution in [0.1, 0.15) is 6.92 Å². The van der Waals surface area contributed by atoms with Crippen LogP contribution in [0.5, 0.6) is 0 Å². The summed E-state index contributed by atoms with van der Waals surface area (Å²) in [6, 6.07) is 0. The van der Waals surface area contributed by atoms with Crippen molar-refractivity contribution in [2.24, 2.45) is 0 Å². The molecular weight excluding hydrogens is 212 g/mol. The Kier molecular flexibility index (Phi) is 5.64. The molecule has 16 heavy (non-hydrogen) atoms. The molecular formula is C11H22O5. The minimum absolute atomic E-state index is 0.0403. The Morgan fingerprint density at radius 3 is 1.88 bits per heavy atom. The molecule has 0 radical (unpaired) electrons. The van der Waals surface area contributed by atoms with Gasteiger partial charge >= 0.3 is 0 Å². The highest BCUT2D eigenvalue weighted by Crippen LogP contribution is 2.26. The molecule has 1 saturated heterocycles. The summed E-state index contributed by atoms with van der Waals surface area (Å²) in [5.74, 6) is 0. The maximum atomic E-state index is 5.81. The molecule has 0 spiro atoms. The van der Waals surface area contributed by atoms with E-state index in [4.69, 9.17) is 23.7 Å². The van der Waals surface area contributed by atoms with Gasteiger partial charge in [-0.3, -0.25) is 0 Å². The minimum atomic E-state index is -0.175. The molecule has 1 fully saturated rings. The predicted molar refractivity (Wildman–Crippen MR) is 58.6 cm³/mol. The monoisotopic (exact) mass is 234 g/mol. The summed E-state index contributed by atoms with van der Waals surface area (Å²) in [7, 11) is 6.60. The van der Waals surface area contributed by atoms with E-state index in [2.05, 4.69) is 0 Å². The minimum Gasteiger partial charge on any atom is -0.382 e. The van der Waals surface area contributed by atoms with E-state index in [9.17, 15) is 0 Å². The number of ether oxygens (including phenoxy) is 5. The molecule has 0 aromatic rings. The highest BCUT2D eigenvalue weighted by molar-refractivity contribution is 4.93. The smallest absolute Gasteiger partial charge is 0.114 e. The number of methoxy groups -OCH3 is 4. The SMILES string of the molecule is COC[C@@H]1O[C@@H](C)[C@H](OC)[C@H](OC)[C@H]1OC. The molecule has 0 aliphatic carbocycles. The van der Waals surface area contributed by atoms with Gasteiger partial charge < -0.3 is 23.7 Å². The van der Waals surface area contributed by atoms with E-state index < -0.39 is 0 Å². The van der Waals surface area contributed by atoms with Crippen molar-refractivity contribution in [1.29, 1.82) is 0 Å². The Balaban J connectivity index is 2.78. The number of hydrogen-bond donors (Lipinski definition) is 0. The van der Waals surface area contributed by atoms with Crippen LogP contribution in [-0.2, 0) is 23.7 Å². The third-order valence-electron chi connectivity index (χ3n) is 3.01. The Bertz CT molecular complexity index is 199. The summed E-state index contributed by atoms with van der Waals surface area (Å²) in [6.45, 7) is 2.45. The first-order valence-corrected chi connectivity index (χ1v) is 5.42. The largest absolute Gasteiger partial charge is 0.382 e. The van der Waals surface area contributed by atoms with Gasteiger partial charge in [0.05, 0.1) is 12.7 Å². The zero-order valence-corrected chi connectivity index (χ0v) is 10.6. The predicted octanol–water partition coefficient (Wildman–Crippen LogP) is 0.465. The average Bonchev–Trinajstić information content (AvgIpc) is 2.28. The van der Waals surface area contributed by atoms with Crippen LogP contribution in [0.4, 0.5) is 0 Å². The molecule has 1 aliphatic heterocycles. The first-order valence-electron chi connectivity index (χ1n) is 5.42. The lowest BCUT2D eigenvalue weighted by Gasteiger charge is -2.43. The van der Waals surface area contributed by atoms with Gasteiger partial charge in [-0.2, -0.15) is 0 Å². The third kappa shape index (κ3) is 2.73. The van der Waals surface area contributed by atoms with Gasteiger partial charge in [-0.1, -0.05) is 0 Å². The van der Waals surface area contributed by atoms with Crippen molar-refractivity contribution in [2.45, 2.75) is 37.4 Å². The molecule has 5 heteroatoms. The van der Waals surface area contributed by atoms with Gasteiger partial charge in [0, 0.05) is 28.4 Å². The topological polar surface area (TPSA) is 46.2 Å². The Hall–Kier alpha value is -0.200. The summed E-state index contributed by atoms with van der Waals surface area (Å²) < 4.78 is 27.2. The van der Waals surface area contributed by atoms with Crippen LogP contribution < -0.4 is 0 Å². The fourth-order valence-electron chi connectivity index (χ4n) is 2.27. The summed E-state index contributed by atoms with van der Waals surface area (Å²) in [6.07, 6.45) is -0.601. The second-order valence-electron chi connectivity index (χ2n) is 3.94. The first kappa shape index (κ1) is 13.9. The van der Waals surface area contributed by atoms with Crippen LogP contribution in [0.15, 0.2) is 0 Å². The second kappa shape index (κ2) is 6.51. The first-order chi connectivity index (χ1) is 7.69. The highest BCUT2D eigenvalue weighted by Gasteiger charge is 2.45. The Morgan fingerprint density at radius 1 is 0.875 bits per heavy atom. The molecule has 1 heterocycles. The fraction of sp³-hybridized carbons (Fsp3) is 1.00. The molecule has 0 aromatic carbocycles. The maximum absolute atomic E-state index is 5.81. The van der Waals surface area contributed by atoms with E-state index in [-0.39, 0.29) is 30.5 Å². The standard InChI is InChI=1S/C11H22O5/c1-7-9(13-3)11(15-5)10(14-4)8(16-7)6-12-2/h7-11H,6H2,1-5H3/t7-,8-,9-,10-,11-/m0/s1. The molecule has 0 saturated carbocycles. The average molecular weight is 234 g/mol. The van der Waals surface area contributed by atoms with E-state index in [1.807, 2.05) is 6.92 Å². The van der Waals surface area contributed by atoms with Crippen molar-refractivity contribution in [1.82, 2.24) is 0 Å². The normalized spacial score (nSPS) is 39.9. The van der Waals surface area contributed by atoms with Crippen LogP contribution >= 0.6 is 0 Å². The van der Waals surface area contributed by atoms with E-state index >= 15 is 0 Å². The highest BCUT2D eigenvalue weighted by atomic mass is 16.6. The zero-order chi connectivity index (χ0) is 12.1. The van der Waals surface area contributed by atoms with Gasteiger partial charge in [-0.05, 0) is 6.92 Å². The fourth-order valence-corrected chi connectivity index (χ4v) is 2.27. The van der Waals surface area contributed by atoms with Gasteiger partial charge in [0.2, 0.25) is 0 Å². The Labute approximate surface area is 97.0 Å². The molecule has 0 bridgehead atoms.